The van der Waals surface area contributed by atoms with E-state index in [0.717, 1.165) is 32.6 Å². The molecule has 1 amide bonds. The molecule has 2 N–H and O–H groups in total. The number of likely N-dealkylation sites (tertiary alicyclic amines) is 1. The van der Waals surface area contributed by atoms with Gasteiger partial charge in [0.15, 0.2) is 0 Å². The van der Waals surface area contributed by atoms with E-state index in [1.807, 2.05) is 0 Å². The van der Waals surface area contributed by atoms with Crippen LogP contribution in [0.5, 0.6) is 0 Å². The minimum Gasteiger partial charge on any atom is -0.481 e. The molecule has 158 valence electrons. The van der Waals surface area contributed by atoms with Gasteiger partial charge < -0.3 is 20.0 Å². The Morgan fingerprint density at radius 1 is 1.03 bits per heavy atom. The molecular weight excluding hydrogens is 374 g/mol. The number of rotatable bonds is 6. The van der Waals surface area contributed by atoms with Crippen LogP contribution in [0.2, 0.25) is 0 Å². The normalized spacial score (nSPS) is 23.7. The molecule has 0 aromatic heterocycles. The maximum absolute atomic E-state index is 13.0. The van der Waals surface area contributed by atoms with Crippen LogP contribution in [0.15, 0.2) is 24.3 Å². The highest BCUT2D eigenvalue weighted by atomic mass is 16.4. The highest BCUT2D eigenvalue weighted by Crippen LogP contribution is 2.28. The summed E-state index contributed by atoms with van der Waals surface area (Å²) in [6.07, 6.45) is 1.43. The van der Waals surface area contributed by atoms with Crippen molar-refractivity contribution < 1.29 is 24.6 Å². The SMILES string of the molecule is CN1CCN([C@H]2CCN(C(=O)c3cccc(C(=O)O)c3)C[C@H]2CCC(=O)O)CC1. The lowest BCUT2D eigenvalue weighted by atomic mass is 9.86. The fourth-order valence-corrected chi connectivity index (χ4v) is 4.40. The molecule has 3 rings (SSSR count). The lowest BCUT2D eigenvalue weighted by molar-refractivity contribution is -0.137. The minimum atomic E-state index is -1.06. The van der Waals surface area contributed by atoms with Gasteiger partial charge in [0.2, 0.25) is 0 Å². The van der Waals surface area contributed by atoms with Crippen molar-refractivity contribution in [2.45, 2.75) is 25.3 Å². The van der Waals surface area contributed by atoms with Crippen LogP contribution in [0.3, 0.4) is 0 Å². The van der Waals surface area contributed by atoms with Crippen LogP contribution in [0.1, 0.15) is 40.0 Å². The summed E-state index contributed by atoms with van der Waals surface area (Å²) in [5, 5.41) is 18.3. The van der Waals surface area contributed by atoms with E-state index in [9.17, 15) is 19.5 Å². The number of carboxylic acid groups (broad SMARTS) is 2. The second-order valence-corrected chi connectivity index (χ2v) is 8.02. The topological polar surface area (TPSA) is 101 Å². The first-order chi connectivity index (χ1) is 13.8. The molecule has 8 nitrogen and oxygen atoms in total. The third-order valence-corrected chi connectivity index (χ3v) is 6.07. The molecule has 0 radical (unpaired) electrons. The molecule has 0 saturated carbocycles. The number of amides is 1. The molecule has 1 aromatic carbocycles. The average Bonchev–Trinajstić information content (AvgIpc) is 2.72. The Morgan fingerprint density at radius 2 is 1.72 bits per heavy atom. The van der Waals surface area contributed by atoms with E-state index in [0.29, 0.717) is 25.1 Å². The monoisotopic (exact) mass is 403 g/mol. The van der Waals surface area contributed by atoms with E-state index >= 15 is 0 Å². The van der Waals surface area contributed by atoms with E-state index in [4.69, 9.17) is 5.11 Å². The first-order valence-corrected chi connectivity index (χ1v) is 10.1. The zero-order valence-corrected chi connectivity index (χ0v) is 16.8. The van der Waals surface area contributed by atoms with Gasteiger partial charge in [0.1, 0.15) is 0 Å². The van der Waals surface area contributed by atoms with Crippen molar-refractivity contribution in [3.63, 3.8) is 0 Å². The maximum Gasteiger partial charge on any atom is 0.335 e. The van der Waals surface area contributed by atoms with E-state index < -0.39 is 11.9 Å². The molecule has 2 heterocycles. The van der Waals surface area contributed by atoms with Crippen molar-refractivity contribution in [3.8, 4) is 0 Å². The Balaban J connectivity index is 1.72. The standard InChI is InChI=1S/C21H29N3O5/c1-22-9-11-23(12-10-22)18-7-8-24(14-17(18)5-6-19(25)26)20(27)15-3-2-4-16(13-15)21(28)29/h2-4,13,17-18H,5-12,14H2,1H3,(H,25,26)(H,28,29)/t17-,18+/m1/s1. The number of carbonyl (C=O) groups excluding carboxylic acids is 1. The quantitative estimate of drug-likeness (QED) is 0.739. The zero-order valence-electron chi connectivity index (χ0n) is 16.8. The average molecular weight is 403 g/mol. The Hall–Kier alpha value is -2.45. The van der Waals surface area contributed by atoms with Crippen molar-refractivity contribution in [1.82, 2.24) is 14.7 Å². The van der Waals surface area contributed by atoms with Crippen molar-refractivity contribution in [1.29, 1.82) is 0 Å². The van der Waals surface area contributed by atoms with E-state index in [1.54, 1.807) is 17.0 Å². The van der Waals surface area contributed by atoms with E-state index in [1.165, 1.54) is 12.1 Å². The van der Waals surface area contributed by atoms with Gasteiger partial charge in [-0.2, -0.15) is 0 Å². The van der Waals surface area contributed by atoms with E-state index in [-0.39, 0.29) is 29.9 Å². The molecule has 2 aliphatic heterocycles. The van der Waals surface area contributed by atoms with Gasteiger partial charge >= 0.3 is 11.9 Å². The molecule has 0 bridgehead atoms. The van der Waals surface area contributed by atoms with Crippen molar-refractivity contribution in [3.05, 3.63) is 35.4 Å². The van der Waals surface area contributed by atoms with Crippen molar-refractivity contribution in [2.75, 3.05) is 46.3 Å². The number of nitrogens with zero attached hydrogens (tertiary/aromatic N) is 3. The number of hydrogen-bond donors (Lipinski definition) is 2. The van der Waals surface area contributed by atoms with Gasteiger partial charge in [-0.1, -0.05) is 6.07 Å². The number of carboxylic acids is 2. The van der Waals surface area contributed by atoms with Gasteiger partial charge in [-0.25, -0.2) is 4.79 Å². The molecule has 0 spiro atoms. The Kier molecular flexibility index (Phi) is 6.87. The molecular formula is C21H29N3O5. The number of carbonyl (C=O) groups is 3. The molecule has 8 heteroatoms. The summed E-state index contributed by atoms with van der Waals surface area (Å²) in [4.78, 5) is 41.8. The van der Waals surface area contributed by atoms with Crippen LogP contribution in [0.25, 0.3) is 0 Å². The fraction of sp³-hybridized carbons (Fsp3) is 0.571. The largest absolute Gasteiger partial charge is 0.481 e. The second-order valence-electron chi connectivity index (χ2n) is 8.02. The first kappa shape index (κ1) is 21.3. The smallest absolute Gasteiger partial charge is 0.335 e. The van der Waals surface area contributed by atoms with Gasteiger partial charge in [0, 0.05) is 57.3 Å². The van der Waals surface area contributed by atoms with Crippen LogP contribution in [-0.4, -0.2) is 95.1 Å². The summed E-state index contributed by atoms with van der Waals surface area (Å²) in [5.74, 6) is -1.98. The lowest BCUT2D eigenvalue weighted by Crippen LogP contribution is -2.57. The lowest BCUT2D eigenvalue weighted by Gasteiger charge is -2.46. The van der Waals surface area contributed by atoms with Crippen LogP contribution in [0, 0.1) is 5.92 Å². The maximum atomic E-state index is 13.0. The third kappa shape index (κ3) is 5.33. The number of likely N-dealkylation sites (N-methyl/N-ethyl adjacent to an activating group) is 1. The molecule has 0 unspecified atom stereocenters. The summed E-state index contributed by atoms with van der Waals surface area (Å²) in [6, 6.07) is 6.36. The summed E-state index contributed by atoms with van der Waals surface area (Å²) >= 11 is 0. The van der Waals surface area contributed by atoms with Crippen LogP contribution < -0.4 is 0 Å². The van der Waals surface area contributed by atoms with E-state index in [2.05, 4.69) is 16.8 Å². The van der Waals surface area contributed by atoms with Gasteiger partial charge in [0.25, 0.3) is 5.91 Å². The molecule has 1 aromatic rings. The molecule has 0 aliphatic carbocycles. The molecule has 29 heavy (non-hydrogen) atoms. The van der Waals surface area contributed by atoms with Gasteiger partial charge in [-0.3, -0.25) is 14.5 Å². The molecule has 2 fully saturated rings. The number of benzene rings is 1. The summed E-state index contributed by atoms with van der Waals surface area (Å²) in [7, 11) is 2.10. The molecule has 2 aliphatic rings. The third-order valence-electron chi connectivity index (χ3n) is 6.07. The number of aromatic carboxylic acids is 1. The van der Waals surface area contributed by atoms with Gasteiger partial charge in [-0.05, 0) is 44.0 Å². The van der Waals surface area contributed by atoms with Crippen molar-refractivity contribution in [2.24, 2.45) is 5.92 Å². The number of hydrogen-bond acceptors (Lipinski definition) is 5. The Bertz CT molecular complexity index is 760. The minimum absolute atomic E-state index is 0.0885. The van der Waals surface area contributed by atoms with Crippen LogP contribution in [-0.2, 0) is 4.79 Å². The highest BCUT2D eigenvalue weighted by Gasteiger charge is 2.36. The number of piperidine rings is 1. The summed E-state index contributed by atoms with van der Waals surface area (Å²) < 4.78 is 0. The summed E-state index contributed by atoms with van der Waals surface area (Å²) in [6.45, 7) is 5.00. The summed E-state index contributed by atoms with van der Waals surface area (Å²) in [5.41, 5.74) is 0.450. The molecule has 2 saturated heterocycles. The number of piperazine rings is 1. The zero-order chi connectivity index (χ0) is 21.0. The van der Waals surface area contributed by atoms with Crippen molar-refractivity contribution >= 4 is 17.8 Å². The van der Waals surface area contributed by atoms with Crippen LogP contribution >= 0.6 is 0 Å². The van der Waals surface area contributed by atoms with Gasteiger partial charge in [-0.15, -0.1) is 0 Å². The second kappa shape index (κ2) is 9.37. The van der Waals surface area contributed by atoms with Gasteiger partial charge in [0.05, 0.1) is 5.56 Å². The van der Waals surface area contributed by atoms with Crippen LogP contribution in [0.4, 0.5) is 0 Å². The Morgan fingerprint density at radius 3 is 2.38 bits per heavy atom. The molecule has 2 atom stereocenters. The highest BCUT2D eigenvalue weighted by molar-refractivity contribution is 5.97. The Labute approximate surface area is 170 Å². The fourth-order valence-electron chi connectivity index (χ4n) is 4.40. The predicted octanol–water partition coefficient (Wildman–Crippen LogP) is 1.33. The predicted molar refractivity (Wildman–Crippen MR) is 107 cm³/mol. The first-order valence-electron chi connectivity index (χ1n) is 10.1. The number of aliphatic carboxylic acids is 1.